The van der Waals surface area contributed by atoms with E-state index in [1.807, 2.05) is 0 Å². The molecule has 9 nitrogen and oxygen atoms in total. The summed E-state index contributed by atoms with van der Waals surface area (Å²) in [6.07, 6.45) is 4.16. The van der Waals surface area contributed by atoms with Crippen LogP contribution in [-0.2, 0) is 22.4 Å². The Morgan fingerprint density at radius 1 is 1.06 bits per heavy atom. The largest absolute Gasteiger partial charge is 0.399 e. The van der Waals surface area contributed by atoms with E-state index in [-0.39, 0.29) is 18.8 Å². The summed E-state index contributed by atoms with van der Waals surface area (Å²) in [6.45, 7) is -0.131. The molecule has 1 fully saturated rings. The lowest BCUT2D eigenvalue weighted by Gasteiger charge is -2.46. The average Bonchev–Trinajstić information content (AvgIpc) is 3.20. The fourth-order valence-corrected chi connectivity index (χ4v) is 3.97. The highest BCUT2D eigenvalue weighted by Crippen LogP contribution is 2.65. The second-order valence-electron chi connectivity index (χ2n) is 8.09. The number of aliphatic hydroxyl groups is 2. The van der Waals surface area contributed by atoms with Gasteiger partial charge in [0.05, 0.1) is 43.3 Å². The van der Waals surface area contributed by atoms with E-state index in [1.165, 1.54) is 31.4 Å². The van der Waals surface area contributed by atoms with Gasteiger partial charge in [0, 0.05) is 55.5 Å². The minimum atomic E-state index is -2.69. The van der Waals surface area contributed by atoms with Gasteiger partial charge in [0.2, 0.25) is 0 Å². The normalized spacial score (nSPS) is 28.8. The lowest BCUT2D eigenvalue weighted by Crippen LogP contribution is -2.60. The molecule has 0 amide bonds. The number of hydrogen-bond acceptors (Lipinski definition) is 8. The van der Waals surface area contributed by atoms with Gasteiger partial charge >= 0.3 is 0 Å². The van der Waals surface area contributed by atoms with Crippen LogP contribution in [0.4, 0.5) is 5.82 Å². The highest BCUT2D eigenvalue weighted by Gasteiger charge is 2.68. The quantitative estimate of drug-likeness (QED) is 0.326. The summed E-state index contributed by atoms with van der Waals surface area (Å²) in [4.78, 5) is 8.33. The molecule has 12 radical (unpaired) electrons. The Labute approximate surface area is 194 Å². The van der Waals surface area contributed by atoms with Crippen LogP contribution in [0.25, 0.3) is 11.3 Å². The monoisotopic (exact) mass is 423 g/mol. The minimum Gasteiger partial charge on any atom is -0.399 e. The molecular weight excluding hydrogens is 403 g/mol. The second kappa shape index (κ2) is 8.27. The highest BCUT2D eigenvalue weighted by molar-refractivity contribution is 6.54. The third-order valence-electron chi connectivity index (χ3n) is 6.21. The summed E-state index contributed by atoms with van der Waals surface area (Å²) in [7, 11) is 38.7. The molecule has 0 bridgehead atoms. The first-order valence-electron chi connectivity index (χ1n) is 9.58. The predicted molar refractivity (Wildman–Crippen MR) is 122 cm³/mol. The van der Waals surface area contributed by atoms with Gasteiger partial charge < -0.3 is 25.4 Å². The Balaban J connectivity index is 1.95. The van der Waals surface area contributed by atoms with E-state index in [2.05, 4.69) is 15.1 Å². The van der Waals surface area contributed by atoms with Crippen molar-refractivity contribution in [3.8, 4) is 11.3 Å². The molecule has 0 spiro atoms. The lowest BCUT2D eigenvalue weighted by molar-refractivity contribution is -0.100. The fraction of sp³-hybridized carbons (Fsp3) is 0.588. The number of rotatable bonds is 7. The molecule has 0 saturated heterocycles. The maximum atomic E-state index is 10.5. The molecule has 0 aliphatic heterocycles. The number of anilines is 1. The summed E-state index contributed by atoms with van der Waals surface area (Å²) >= 11 is 0. The number of aromatic nitrogens is 4. The molecule has 2 aromatic rings. The van der Waals surface area contributed by atoms with E-state index in [4.69, 9.17) is 62.3 Å². The summed E-state index contributed by atoms with van der Waals surface area (Å²) in [5.74, 6) is -0.932. The molecule has 1 saturated carbocycles. The van der Waals surface area contributed by atoms with Gasteiger partial charge in [0.1, 0.15) is 27.8 Å². The van der Waals surface area contributed by atoms with Crippen LogP contribution >= 0.6 is 0 Å². The maximum absolute atomic E-state index is 10.5. The number of hydrogen-bond donors (Lipinski definition) is 3. The average molecular weight is 422 g/mol. The van der Waals surface area contributed by atoms with Crippen molar-refractivity contribution in [2.45, 2.75) is 40.7 Å². The highest BCUT2D eigenvalue weighted by atomic mass is 16.7. The van der Waals surface area contributed by atoms with Crippen LogP contribution in [0.3, 0.4) is 0 Å². The molecule has 154 valence electrons. The number of ether oxygens (including phenoxy) is 2. The van der Waals surface area contributed by atoms with E-state index < -0.39 is 33.6 Å². The first-order chi connectivity index (χ1) is 14.7. The van der Waals surface area contributed by atoms with E-state index >= 15 is 0 Å². The van der Waals surface area contributed by atoms with Gasteiger partial charge in [-0.25, -0.2) is 9.97 Å². The molecule has 2 unspecified atom stereocenters. The Hall–Kier alpha value is -1.68. The maximum Gasteiger partial charge on any atom is 0.161 e. The Bertz CT molecular complexity index is 956. The van der Waals surface area contributed by atoms with Crippen LogP contribution in [0.5, 0.6) is 0 Å². The molecular formula is C17H19B6N5O4. The topological polar surface area (TPSA) is 129 Å². The first kappa shape index (κ1) is 25.0. The van der Waals surface area contributed by atoms with Crippen molar-refractivity contribution in [3.05, 3.63) is 24.3 Å². The number of nitrogen functional groups attached to an aromatic ring is 1. The van der Waals surface area contributed by atoms with Gasteiger partial charge in [-0.3, -0.25) is 4.68 Å². The summed E-state index contributed by atoms with van der Waals surface area (Å²) < 4.78 is 11.9. The van der Waals surface area contributed by atoms with Crippen LogP contribution in [0, 0.1) is 5.92 Å². The SMILES string of the molecule is [B]C1([B])C(Cn2cc(-c3ncnc(N)c3CC(OC)OC)cn2)C([B])([B])C([B])(O)C1([B])O. The van der Waals surface area contributed by atoms with Crippen molar-refractivity contribution in [3.63, 3.8) is 0 Å². The van der Waals surface area contributed by atoms with Crippen molar-refractivity contribution in [1.82, 2.24) is 19.7 Å². The number of nitrogens with two attached hydrogens (primary N) is 1. The summed E-state index contributed by atoms with van der Waals surface area (Å²) in [5.41, 5.74) is 2.34. The van der Waals surface area contributed by atoms with Crippen molar-refractivity contribution in [2.75, 3.05) is 20.0 Å². The smallest absolute Gasteiger partial charge is 0.161 e. The van der Waals surface area contributed by atoms with Crippen LogP contribution in [0.1, 0.15) is 5.56 Å². The van der Waals surface area contributed by atoms with Gasteiger partial charge in [-0.2, -0.15) is 5.10 Å². The van der Waals surface area contributed by atoms with Crippen molar-refractivity contribution >= 4 is 52.9 Å². The molecule has 2 heterocycles. The van der Waals surface area contributed by atoms with Gasteiger partial charge in [0.25, 0.3) is 0 Å². The van der Waals surface area contributed by atoms with E-state index in [9.17, 15) is 10.2 Å². The molecule has 4 N–H and O–H groups in total. The third kappa shape index (κ3) is 3.63. The first-order valence-corrected chi connectivity index (χ1v) is 9.58. The number of nitrogens with zero attached hydrogens (tertiary/aromatic N) is 4. The van der Waals surface area contributed by atoms with Gasteiger partial charge in [-0.1, -0.05) is 10.4 Å². The third-order valence-corrected chi connectivity index (χ3v) is 6.21. The lowest BCUT2D eigenvalue weighted by atomic mass is 9.37. The van der Waals surface area contributed by atoms with Crippen molar-refractivity contribution in [1.29, 1.82) is 0 Å². The van der Waals surface area contributed by atoms with Crippen LogP contribution in [-0.4, -0.2) is 109 Å². The zero-order valence-electron chi connectivity index (χ0n) is 17.8. The predicted octanol–water partition coefficient (Wildman–Crippen LogP) is -2.67. The summed E-state index contributed by atoms with van der Waals surface area (Å²) in [6, 6.07) is 0. The molecule has 15 heteroatoms. The zero-order chi connectivity index (χ0) is 24.1. The Kier molecular flexibility index (Phi) is 6.45. The Morgan fingerprint density at radius 3 is 2.16 bits per heavy atom. The van der Waals surface area contributed by atoms with Gasteiger partial charge in [0.15, 0.2) is 6.29 Å². The molecule has 32 heavy (non-hydrogen) atoms. The Morgan fingerprint density at radius 2 is 1.62 bits per heavy atom. The van der Waals surface area contributed by atoms with Gasteiger partial charge in [-0.05, 0) is 5.92 Å². The minimum absolute atomic E-state index is 0.131. The second-order valence-corrected chi connectivity index (χ2v) is 8.09. The number of methoxy groups -OCH3 is 2. The van der Waals surface area contributed by atoms with Crippen LogP contribution in [0.2, 0.25) is 10.4 Å². The van der Waals surface area contributed by atoms with Crippen LogP contribution in [0.15, 0.2) is 18.7 Å². The van der Waals surface area contributed by atoms with Gasteiger partial charge in [-0.15, -0.1) is 0 Å². The molecule has 2 atom stereocenters. The van der Waals surface area contributed by atoms with Crippen LogP contribution < -0.4 is 5.73 Å². The van der Waals surface area contributed by atoms with Crippen molar-refractivity contribution < 1.29 is 19.7 Å². The summed E-state index contributed by atoms with van der Waals surface area (Å²) in [5, 5.41) is 21.0. The van der Waals surface area contributed by atoms with E-state index in [1.54, 1.807) is 6.20 Å². The van der Waals surface area contributed by atoms with E-state index in [0.717, 1.165) is 0 Å². The zero-order valence-corrected chi connectivity index (χ0v) is 17.8. The molecule has 3 rings (SSSR count). The fourth-order valence-electron chi connectivity index (χ4n) is 3.97. The molecule has 1 aliphatic rings. The molecule has 2 aromatic heterocycles. The molecule has 1 aliphatic carbocycles. The van der Waals surface area contributed by atoms with E-state index in [0.29, 0.717) is 16.8 Å². The standard InChI is InChI=1S/C17H19B6N5O4/c1-31-11(32-2)3-9-12(25-7-26-13(9)24)8-4-27-28(5-8)6-10-14(18,19)16(22,29)17(23,30)15(10,20)21/h4-5,7,10-11,29-30H,3,6H2,1-2H3,(H2,24,25,26). The van der Waals surface area contributed by atoms with Crippen molar-refractivity contribution in [2.24, 2.45) is 5.92 Å². The molecule has 0 aromatic carbocycles.